The van der Waals surface area contributed by atoms with Crippen LogP contribution in [-0.4, -0.2) is 18.2 Å². The predicted octanol–water partition coefficient (Wildman–Crippen LogP) is 8.12. The Bertz CT molecular complexity index is 1220. The summed E-state index contributed by atoms with van der Waals surface area (Å²) in [5, 5.41) is 2.38. The van der Waals surface area contributed by atoms with Crippen molar-refractivity contribution in [1.82, 2.24) is 0 Å². The van der Waals surface area contributed by atoms with Crippen LogP contribution in [0.15, 0.2) is 70.6 Å². The number of amides is 1. The van der Waals surface area contributed by atoms with Crippen LogP contribution in [0.1, 0.15) is 5.56 Å². The molecule has 1 aliphatic heterocycles. The quantitative estimate of drug-likeness (QED) is 0.324. The van der Waals surface area contributed by atoms with Gasteiger partial charge in [-0.15, -0.1) is 0 Å². The minimum absolute atomic E-state index is 0.229. The standard InChI is InChI=1S/C23H14Cl4N2O2S/c1-31-21-18(26)10-13(11-19(21)27)12-20-22(30)29(17-8-4-15(25)5-9-17)23(32-20)28-16-6-2-14(24)3-7-16/h2-12H,1H3/b20-12-,28-23?. The maximum atomic E-state index is 13.4. The summed E-state index contributed by atoms with van der Waals surface area (Å²) in [6, 6.07) is 17.4. The molecule has 0 saturated carbocycles. The van der Waals surface area contributed by atoms with Gasteiger partial charge in [0.1, 0.15) is 0 Å². The fraction of sp³-hybridized carbons (Fsp3) is 0.0435. The van der Waals surface area contributed by atoms with E-state index in [-0.39, 0.29) is 5.91 Å². The van der Waals surface area contributed by atoms with Crippen LogP contribution in [0.25, 0.3) is 6.08 Å². The average Bonchev–Trinajstić information content (AvgIpc) is 3.05. The first-order chi connectivity index (χ1) is 15.4. The van der Waals surface area contributed by atoms with Crippen molar-refractivity contribution in [1.29, 1.82) is 0 Å². The van der Waals surface area contributed by atoms with Crippen LogP contribution in [0, 0.1) is 0 Å². The molecule has 32 heavy (non-hydrogen) atoms. The van der Waals surface area contributed by atoms with E-state index in [0.717, 1.165) is 0 Å². The summed E-state index contributed by atoms with van der Waals surface area (Å²) in [5.74, 6) is 0.154. The fourth-order valence-corrected chi connectivity index (χ4v) is 4.91. The molecule has 4 nitrogen and oxygen atoms in total. The Labute approximate surface area is 209 Å². The second-order valence-corrected chi connectivity index (χ2v) is 9.31. The van der Waals surface area contributed by atoms with E-state index in [1.54, 1.807) is 66.7 Å². The number of ether oxygens (including phenoxy) is 1. The number of hydrogen-bond acceptors (Lipinski definition) is 4. The summed E-state index contributed by atoms with van der Waals surface area (Å²) in [6.45, 7) is 0. The maximum Gasteiger partial charge on any atom is 0.271 e. The summed E-state index contributed by atoms with van der Waals surface area (Å²) in [6.07, 6.45) is 1.72. The lowest BCUT2D eigenvalue weighted by Crippen LogP contribution is -2.28. The summed E-state index contributed by atoms with van der Waals surface area (Å²) >= 11 is 25.8. The van der Waals surface area contributed by atoms with Gasteiger partial charge in [-0.1, -0.05) is 46.4 Å². The number of rotatable bonds is 4. The van der Waals surface area contributed by atoms with E-state index in [4.69, 9.17) is 51.1 Å². The molecule has 162 valence electrons. The van der Waals surface area contributed by atoms with Gasteiger partial charge in [0.15, 0.2) is 10.9 Å². The number of nitrogens with zero attached hydrogens (tertiary/aromatic N) is 2. The van der Waals surface area contributed by atoms with Crippen molar-refractivity contribution in [3.05, 3.63) is 91.2 Å². The molecule has 3 aromatic carbocycles. The number of halogens is 4. The number of benzene rings is 3. The van der Waals surface area contributed by atoms with Crippen molar-refractivity contribution in [2.45, 2.75) is 0 Å². The van der Waals surface area contributed by atoms with Crippen LogP contribution in [0.2, 0.25) is 20.1 Å². The molecule has 1 heterocycles. The normalized spacial score (nSPS) is 16.3. The van der Waals surface area contributed by atoms with Gasteiger partial charge in [-0.05, 0) is 84.1 Å². The molecule has 0 bridgehead atoms. The fourth-order valence-electron chi connectivity index (χ4n) is 3.00. The minimum Gasteiger partial charge on any atom is -0.494 e. The lowest BCUT2D eigenvalue weighted by atomic mass is 10.2. The highest BCUT2D eigenvalue weighted by molar-refractivity contribution is 8.19. The van der Waals surface area contributed by atoms with Gasteiger partial charge in [0, 0.05) is 10.0 Å². The Kier molecular flexibility index (Phi) is 7.03. The number of carbonyl (C=O) groups is 1. The third-order valence-corrected chi connectivity index (χ3v) is 6.50. The zero-order chi connectivity index (χ0) is 22.8. The largest absolute Gasteiger partial charge is 0.494 e. The van der Waals surface area contributed by atoms with E-state index in [9.17, 15) is 4.79 Å². The molecule has 9 heteroatoms. The molecule has 0 N–H and O–H groups in total. The van der Waals surface area contributed by atoms with E-state index in [0.29, 0.717) is 52.9 Å². The van der Waals surface area contributed by atoms with E-state index in [1.807, 2.05) is 0 Å². The van der Waals surface area contributed by atoms with Gasteiger partial charge >= 0.3 is 0 Å². The van der Waals surface area contributed by atoms with Crippen LogP contribution in [0.5, 0.6) is 5.75 Å². The summed E-state index contributed by atoms with van der Waals surface area (Å²) in [7, 11) is 1.49. The average molecular weight is 524 g/mol. The molecule has 1 saturated heterocycles. The SMILES string of the molecule is COc1c(Cl)cc(/C=C2\SC(=Nc3ccc(Cl)cc3)N(c3ccc(Cl)cc3)C2=O)cc1Cl. The minimum atomic E-state index is -0.229. The lowest BCUT2D eigenvalue weighted by molar-refractivity contribution is -0.113. The first-order valence-electron chi connectivity index (χ1n) is 9.22. The highest BCUT2D eigenvalue weighted by atomic mass is 35.5. The second-order valence-electron chi connectivity index (χ2n) is 6.62. The van der Waals surface area contributed by atoms with Crippen LogP contribution >= 0.6 is 58.2 Å². The lowest BCUT2D eigenvalue weighted by Gasteiger charge is -2.15. The number of methoxy groups -OCH3 is 1. The van der Waals surface area contributed by atoms with Crippen LogP contribution in [0.3, 0.4) is 0 Å². The molecule has 0 spiro atoms. The molecule has 1 fully saturated rings. The van der Waals surface area contributed by atoms with Crippen LogP contribution in [-0.2, 0) is 4.79 Å². The Morgan fingerprint density at radius 1 is 0.906 bits per heavy atom. The zero-order valence-electron chi connectivity index (χ0n) is 16.5. The van der Waals surface area contributed by atoms with Crippen LogP contribution < -0.4 is 9.64 Å². The van der Waals surface area contributed by atoms with Crippen LogP contribution in [0.4, 0.5) is 11.4 Å². The molecule has 0 radical (unpaired) electrons. The topological polar surface area (TPSA) is 41.9 Å². The predicted molar refractivity (Wildman–Crippen MR) is 136 cm³/mol. The monoisotopic (exact) mass is 522 g/mol. The van der Waals surface area contributed by atoms with Gasteiger partial charge in [0.25, 0.3) is 5.91 Å². The van der Waals surface area contributed by atoms with Crippen molar-refractivity contribution in [2.24, 2.45) is 4.99 Å². The summed E-state index contributed by atoms with van der Waals surface area (Å²) in [5.41, 5.74) is 1.98. The van der Waals surface area contributed by atoms with E-state index in [1.165, 1.54) is 23.8 Å². The number of aliphatic imine (C=N–C) groups is 1. The maximum absolute atomic E-state index is 13.4. The number of hydrogen-bond donors (Lipinski definition) is 0. The van der Waals surface area contributed by atoms with E-state index < -0.39 is 0 Å². The molecule has 0 aromatic heterocycles. The smallest absolute Gasteiger partial charge is 0.271 e. The van der Waals surface area contributed by atoms with E-state index in [2.05, 4.69) is 4.99 Å². The number of anilines is 1. The third kappa shape index (κ3) is 4.92. The Hall–Kier alpha value is -2.15. The summed E-state index contributed by atoms with van der Waals surface area (Å²) < 4.78 is 5.19. The van der Waals surface area contributed by atoms with Crippen molar-refractivity contribution in [3.63, 3.8) is 0 Å². The molecular formula is C23H14Cl4N2O2S. The molecular weight excluding hydrogens is 510 g/mol. The molecule has 3 aromatic rings. The molecule has 0 unspecified atom stereocenters. The molecule has 1 aliphatic rings. The van der Waals surface area contributed by atoms with Gasteiger partial charge in [-0.3, -0.25) is 9.69 Å². The Balaban J connectivity index is 1.77. The highest BCUT2D eigenvalue weighted by Crippen LogP contribution is 2.39. The van der Waals surface area contributed by atoms with Gasteiger partial charge in [-0.25, -0.2) is 4.99 Å². The van der Waals surface area contributed by atoms with Crippen molar-refractivity contribution < 1.29 is 9.53 Å². The first kappa shape index (κ1) is 23.0. The van der Waals surface area contributed by atoms with E-state index >= 15 is 0 Å². The Morgan fingerprint density at radius 3 is 2.03 bits per heavy atom. The highest BCUT2D eigenvalue weighted by Gasteiger charge is 2.34. The summed E-state index contributed by atoms with van der Waals surface area (Å²) in [4.78, 5) is 20.0. The number of thioether (sulfide) groups is 1. The molecule has 4 rings (SSSR count). The molecule has 1 amide bonds. The van der Waals surface area contributed by atoms with Crippen molar-refractivity contribution >= 4 is 86.7 Å². The zero-order valence-corrected chi connectivity index (χ0v) is 20.3. The number of carbonyl (C=O) groups excluding carboxylic acids is 1. The van der Waals surface area contributed by atoms with Crippen molar-refractivity contribution in [3.8, 4) is 5.75 Å². The third-order valence-electron chi connectivity index (χ3n) is 4.47. The van der Waals surface area contributed by atoms with Gasteiger partial charge in [-0.2, -0.15) is 0 Å². The first-order valence-corrected chi connectivity index (χ1v) is 11.6. The van der Waals surface area contributed by atoms with Crippen molar-refractivity contribution in [2.75, 3.05) is 12.0 Å². The van der Waals surface area contributed by atoms with Gasteiger partial charge in [0.2, 0.25) is 0 Å². The second kappa shape index (κ2) is 9.77. The molecule has 0 atom stereocenters. The van der Waals surface area contributed by atoms with Gasteiger partial charge < -0.3 is 4.74 Å². The van der Waals surface area contributed by atoms with Gasteiger partial charge in [0.05, 0.1) is 33.4 Å². The Morgan fingerprint density at radius 2 is 1.47 bits per heavy atom. The molecule has 0 aliphatic carbocycles. The number of amidine groups is 1.